The van der Waals surface area contributed by atoms with E-state index in [0.717, 1.165) is 11.1 Å². The van der Waals surface area contributed by atoms with Gasteiger partial charge in [-0.2, -0.15) is 0 Å². The molecule has 24 heavy (non-hydrogen) atoms. The highest BCUT2D eigenvalue weighted by Crippen LogP contribution is 2.14. The number of benzene rings is 1. The minimum absolute atomic E-state index is 0.151. The van der Waals surface area contributed by atoms with Gasteiger partial charge in [0.05, 0.1) is 0 Å². The molecule has 0 saturated carbocycles. The summed E-state index contributed by atoms with van der Waals surface area (Å²) in [4.78, 5) is 27.5. The third kappa shape index (κ3) is 5.91. The molecule has 130 valence electrons. The van der Waals surface area contributed by atoms with Gasteiger partial charge in [0.2, 0.25) is 5.91 Å². The van der Waals surface area contributed by atoms with Gasteiger partial charge in [0, 0.05) is 25.9 Å². The molecule has 0 bridgehead atoms. The van der Waals surface area contributed by atoms with Crippen LogP contribution in [0.4, 0.5) is 4.79 Å². The zero-order chi connectivity index (χ0) is 17.6. The molecule has 0 unspecified atom stereocenters. The molecule has 0 aliphatic heterocycles. The monoisotopic (exact) mass is 333 g/mol. The zero-order valence-electron chi connectivity index (χ0n) is 14.2. The van der Waals surface area contributed by atoms with Crippen molar-refractivity contribution < 1.29 is 18.7 Å². The van der Waals surface area contributed by atoms with Crippen molar-refractivity contribution in [2.45, 2.75) is 39.2 Å². The van der Waals surface area contributed by atoms with E-state index in [9.17, 15) is 9.59 Å². The number of amides is 2. The zero-order valence-corrected chi connectivity index (χ0v) is 14.2. The van der Waals surface area contributed by atoms with Gasteiger partial charge in [-0.3, -0.25) is 4.79 Å². The molecule has 0 aliphatic carbocycles. The molecule has 0 radical (unpaired) electrons. The van der Waals surface area contributed by atoms with Crippen LogP contribution in [0, 0.1) is 0 Å². The maximum Gasteiger partial charge on any atom is 0.407 e. The van der Waals surface area contributed by atoms with Crippen LogP contribution in [-0.4, -0.2) is 35.7 Å². The Kier molecular flexibility index (Phi) is 5.78. The summed E-state index contributed by atoms with van der Waals surface area (Å²) >= 11 is 0. The Morgan fingerprint density at radius 3 is 2.62 bits per heavy atom. The first-order chi connectivity index (χ1) is 11.3. The summed E-state index contributed by atoms with van der Waals surface area (Å²) in [7, 11) is 0. The van der Waals surface area contributed by atoms with E-state index in [1.54, 1.807) is 20.8 Å². The van der Waals surface area contributed by atoms with Crippen LogP contribution in [-0.2, 0) is 16.0 Å². The topological polar surface area (TPSA) is 93.5 Å². The van der Waals surface area contributed by atoms with Gasteiger partial charge in [0.25, 0.3) is 0 Å². The lowest BCUT2D eigenvalue weighted by atomic mass is 10.2. The Morgan fingerprint density at radius 1 is 1.17 bits per heavy atom. The number of nitrogens with zero attached hydrogens (tertiary/aromatic N) is 1. The second-order valence-electron chi connectivity index (χ2n) is 6.35. The molecule has 0 aliphatic rings. The highest BCUT2D eigenvalue weighted by Gasteiger charge is 2.15. The molecular formula is C17H23N3O4. The van der Waals surface area contributed by atoms with E-state index in [4.69, 9.17) is 9.15 Å². The fourth-order valence-electron chi connectivity index (χ4n) is 2.02. The van der Waals surface area contributed by atoms with Gasteiger partial charge in [-0.25, -0.2) is 9.78 Å². The van der Waals surface area contributed by atoms with Gasteiger partial charge < -0.3 is 19.8 Å². The van der Waals surface area contributed by atoms with Crippen molar-refractivity contribution >= 4 is 23.1 Å². The van der Waals surface area contributed by atoms with Crippen LogP contribution in [0.3, 0.4) is 0 Å². The smallest absolute Gasteiger partial charge is 0.407 e. The number of carbonyl (C=O) groups excluding carboxylic acids is 2. The average Bonchev–Trinajstić information content (AvgIpc) is 2.88. The second kappa shape index (κ2) is 7.81. The molecule has 0 spiro atoms. The Bertz CT molecular complexity index is 670. The Balaban J connectivity index is 1.64. The number of oxazole rings is 1. The lowest BCUT2D eigenvalue weighted by Crippen LogP contribution is -2.35. The second-order valence-corrected chi connectivity index (χ2v) is 6.35. The predicted molar refractivity (Wildman–Crippen MR) is 89.6 cm³/mol. The lowest BCUT2D eigenvalue weighted by molar-refractivity contribution is -0.120. The largest absolute Gasteiger partial charge is 0.444 e. The van der Waals surface area contributed by atoms with Crippen LogP contribution in [0.25, 0.3) is 11.1 Å². The van der Waals surface area contributed by atoms with Crippen molar-refractivity contribution in [2.24, 2.45) is 0 Å². The van der Waals surface area contributed by atoms with Crippen molar-refractivity contribution in [1.29, 1.82) is 0 Å². The molecule has 2 N–H and O–H groups in total. The van der Waals surface area contributed by atoms with Gasteiger partial charge in [-0.15, -0.1) is 0 Å². The van der Waals surface area contributed by atoms with Crippen LogP contribution < -0.4 is 10.6 Å². The number of ether oxygens (including phenoxy) is 1. The number of hydrogen-bond acceptors (Lipinski definition) is 5. The number of rotatable bonds is 6. The van der Waals surface area contributed by atoms with E-state index in [2.05, 4.69) is 15.6 Å². The Morgan fingerprint density at radius 2 is 1.92 bits per heavy atom. The van der Waals surface area contributed by atoms with Crippen LogP contribution in [0.5, 0.6) is 0 Å². The molecule has 2 amide bonds. The fraction of sp³-hybridized carbons (Fsp3) is 0.471. The standard InChI is InChI=1S/C17H23N3O4/c1-17(2,3)24-16(22)19-10-8-14(21)18-11-9-15-20-12-6-4-5-7-13(12)23-15/h4-7H,8-11H2,1-3H3,(H,18,21)(H,19,22). The quantitative estimate of drug-likeness (QED) is 0.846. The van der Waals surface area contributed by atoms with Gasteiger partial charge >= 0.3 is 6.09 Å². The normalized spacial score (nSPS) is 11.3. The molecule has 7 nitrogen and oxygen atoms in total. The SMILES string of the molecule is CC(C)(C)OC(=O)NCCC(=O)NCCc1nc2ccccc2o1. The highest BCUT2D eigenvalue weighted by molar-refractivity contribution is 5.77. The third-order valence-electron chi connectivity index (χ3n) is 3.02. The van der Waals surface area contributed by atoms with Crippen LogP contribution >= 0.6 is 0 Å². The summed E-state index contributed by atoms with van der Waals surface area (Å²) < 4.78 is 10.7. The molecular weight excluding hydrogens is 310 g/mol. The maximum absolute atomic E-state index is 11.7. The summed E-state index contributed by atoms with van der Waals surface area (Å²) in [5.41, 5.74) is 0.993. The van der Waals surface area contributed by atoms with E-state index in [0.29, 0.717) is 18.9 Å². The number of hydrogen-bond donors (Lipinski definition) is 2. The van der Waals surface area contributed by atoms with Crippen LogP contribution in [0.15, 0.2) is 28.7 Å². The molecule has 2 rings (SSSR count). The Labute approximate surface area is 140 Å². The third-order valence-corrected chi connectivity index (χ3v) is 3.02. The first-order valence-corrected chi connectivity index (χ1v) is 7.91. The molecule has 0 atom stereocenters. The van der Waals surface area contributed by atoms with Gasteiger partial charge in [-0.1, -0.05) is 12.1 Å². The van der Waals surface area contributed by atoms with E-state index < -0.39 is 11.7 Å². The maximum atomic E-state index is 11.7. The number of nitrogens with one attached hydrogen (secondary N) is 2. The van der Waals surface area contributed by atoms with E-state index >= 15 is 0 Å². The first-order valence-electron chi connectivity index (χ1n) is 7.91. The predicted octanol–water partition coefficient (Wildman–Crippen LogP) is 2.40. The number of aromatic nitrogens is 1. The minimum atomic E-state index is -0.550. The minimum Gasteiger partial charge on any atom is -0.444 e. The van der Waals surface area contributed by atoms with Crippen molar-refractivity contribution in [3.05, 3.63) is 30.2 Å². The molecule has 1 aromatic heterocycles. The molecule has 7 heteroatoms. The van der Waals surface area contributed by atoms with Crippen LogP contribution in [0.2, 0.25) is 0 Å². The summed E-state index contributed by atoms with van der Waals surface area (Å²) in [6, 6.07) is 7.51. The molecule has 2 aromatic rings. The number of carbonyl (C=O) groups is 2. The number of para-hydroxylation sites is 2. The fourth-order valence-corrected chi connectivity index (χ4v) is 2.02. The summed E-state index contributed by atoms with van der Waals surface area (Å²) in [6.07, 6.45) is 0.175. The van der Waals surface area contributed by atoms with E-state index in [-0.39, 0.29) is 18.9 Å². The van der Waals surface area contributed by atoms with Gasteiger partial charge in [0.15, 0.2) is 11.5 Å². The molecule has 0 saturated heterocycles. The van der Waals surface area contributed by atoms with Crippen molar-refractivity contribution in [3.63, 3.8) is 0 Å². The van der Waals surface area contributed by atoms with Crippen LogP contribution in [0.1, 0.15) is 33.1 Å². The lowest BCUT2D eigenvalue weighted by Gasteiger charge is -2.19. The Hall–Kier alpha value is -2.57. The first kappa shape index (κ1) is 17.8. The number of alkyl carbamates (subject to hydrolysis) is 1. The summed E-state index contributed by atoms with van der Waals surface area (Å²) in [5, 5.41) is 5.31. The number of fused-ring (bicyclic) bond motifs is 1. The van der Waals surface area contributed by atoms with E-state index in [1.165, 1.54) is 0 Å². The van der Waals surface area contributed by atoms with E-state index in [1.807, 2.05) is 24.3 Å². The van der Waals surface area contributed by atoms with Crippen molar-refractivity contribution in [3.8, 4) is 0 Å². The summed E-state index contributed by atoms with van der Waals surface area (Å²) in [5.74, 6) is 0.436. The highest BCUT2D eigenvalue weighted by atomic mass is 16.6. The van der Waals surface area contributed by atoms with Gasteiger partial charge in [-0.05, 0) is 32.9 Å². The van der Waals surface area contributed by atoms with Gasteiger partial charge in [0.1, 0.15) is 11.1 Å². The average molecular weight is 333 g/mol. The molecule has 1 aromatic carbocycles. The van der Waals surface area contributed by atoms with Crippen molar-refractivity contribution in [2.75, 3.05) is 13.1 Å². The molecule has 0 fully saturated rings. The summed E-state index contributed by atoms with van der Waals surface area (Å²) in [6.45, 7) is 6.00. The molecule has 1 heterocycles. The van der Waals surface area contributed by atoms with Crippen molar-refractivity contribution in [1.82, 2.24) is 15.6 Å².